The first kappa shape index (κ1) is 11.2. The molecule has 88 valence electrons. The van der Waals surface area contributed by atoms with Gasteiger partial charge in [0, 0.05) is 16.5 Å². The second-order valence-electron chi connectivity index (χ2n) is 4.22. The highest BCUT2D eigenvalue weighted by atomic mass is 32.1. The van der Waals surface area contributed by atoms with Gasteiger partial charge in [-0.15, -0.1) is 11.3 Å². The summed E-state index contributed by atoms with van der Waals surface area (Å²) in [5, 5.41) is 3.21. The van der Waals surface area contributed by atoms with Crippen molar-refractivity contribution in [1.82, 2.24) is 4.98 Å². The van der Waals surface area contributed by atoms with Crippen molar-refractivity contribution in [2.45, 2.75) is 6.92 Å². The van der Waals surface area contributed by atoms with Crippen molar-refractivity contribution >= 4 is 11.3 Å². The van der Waals surface area contributed by atoms with Crippen LogP contribution in [0.5, 0.6) is 0 Å². The molecule has 0 bridgehead atoms. The third-order valence-corrected chi connectivity index (χ3v) is 3.82. The van der Waals surface area contributed by atoms with Crippen molar-refractivity contribution in [3.63, 3.8) is 0 Å². The van der Waals surface area contributed by atoms with Crippen molar-refractivity contribution in [3.8, 4) is 21.8 Å². The predicted octanol–water partition coefficient (Wildman–Crippen LogP) is 4.79. The molecule has 18 heavy (non-hydrogen) atoms. The van der Waals surface area contributed by atoms with E-state index in [1.807, 2.05) is 18.2 Å². The fraction of sp³-hybridized carbons (Fsp3) is 0.0625. The fourth-order valence-corrected chi connectivity index (χ4v) is 2.87. The Morgan fingerprint density at radius 3 is 2.39 bits per heavy atom. The Kier molecular flexibility index (Phi) is 2.95. The maximum Gasteiger partial charge on any atom is 0.124 e. The highest BCUT2D eigenvalue weighted by molar-refractivity contribution is 7.13. The number of benzene rings is 2. The van der Waals surface area contributed by atoms with Crippen LogP contribution in [0.4, 0.5) is 0 Å². The van der Waals surface area contributed by atoms with Crippen LogP contribution in [0.1, 0.15) is 5.56 Å². The lowest BCUT2D eigenvalue weighted by atomic mass is 10.1. The summed E-state index contributed by atoms with van der Waals surface area (Å²) in [6.07, 6.45) is 0. The first-order chi connectivity index (χ1) is 8.84. The highest BCUT2D eigenvalue weighted by Crippen LogP contribution is 2.30. The topological polar surface area (TPSA) is 12.9 Å². The number of hydrogen-bond donors (Lipinski definition) is 0. The zero-order valence-corrected chi connectivity index (χ0v) is 10.9. The average Bonchev–Trinajstić information content (AvgIpc) is 2.90. The van der Waals surface area contributed by atoms with Crippen LogP contribution in [0.2, 0.25) is 0 Å². The quantitative estimate of drug-likeness (QED) is 0.638. The molecular weight excluding hydrogens is 238 g/mol. The predicted molar refractivity (Wildman–Crippen MR) is 77.7 cm³/mol. The van der Waals surface area contributed by atoms with E-state index in [0.29, 0.717) is 0 Å². The van der Waals surface area contributed by atoms with E-state index in [4.69, 9.17) is 4.98 Å². The minimum atomic E-state index is 1.05. The molecule has 3 aromatic rings. The van der Waals surface area contributed by atoms with Crippen LogP contribution in [0.25, 0.3) is 21.8 Å². The van der Waals surface area contributed by atoms with Gasteiger partial charge in [0.2, 0.25) is 0 Å². The van der Waals surface area contributed by atoms with Gasteiger partial charge in [-0.05, 0) is 12.5 Å². The Hall–Kier alpha value is -1.93. The Balaban J connectivity index is 2.03. The Labute approximate surface area is 111 Å². The number of aryl methyl sites for hydroxylation is 1. The van der Waals surface area contributed by atoms with E-state index in [0.717, 1.165) is 10.7 Å². The van der Waals surface area contributed by atoms with E-state index in [1.165, 1.54) is 16.7 Å². The van der Waals surface area contributed by atoms with Gasteiger partial charge in [0.15, 0.2) is 0 Å². The molecule has 0 amide bonds. The molecule has 0 aliphatic heterocycles. The largest absolute Gasteiger partial charge is 0.236 e. The summed E-state index contributed by atoms with van der Waals surface area (Å²) in [6.45, 7) is 2.12. The number of nitrogens with zero attached hydrogens (tertiary/aromatic N) is 1. The first-order valence-corrected chi connectivity index (χ1v) is 6.79. The number of rotatable bonds is 2. The molecule has 0 saturated heterocycles. The van der Waals surface area contributed by atoms with Crippen LogP contribution < -0.4 is 0 Å². The van der Waals surface area contributed by atoms with E-state index in [-0.39, 0.29) is 0 Å². The monoisotopic (exact) mass is 251 g/mol. The molecule has 0 aliphatic carbocycles. The molecule has 0 atom stereocenters. The van der Waals surface area contributed by atoms with Gasteiger partial charge in [0.1, 0.15) is 5.01 Å². The molecular formula is C16H13NS. The van der Waals surface area contributed by atoms with E-state index in [9.17, 15) is 0 Å². The summed E-state index contributed by atoms with van der Waals surface area (Å²) in [6, 6.07) is 18.7. The van der Waals surface area contributed by atoms with Crippen LogP contribution >= 0.6 is 11.3 Å². The number of hydrogen-bond acceptors (Lipinski definition) is 2. The zero-order chi connectivity index (χ0) is 12.4. The molecule has 0 N–H and O–H groups in total. The Morgan fingerprint density at radius 2 is 1.61 bits per heavy atom. The highest BCUT2D eigenvalue weighted by Gasteiger charge is 2.07. The number of aromatic nitrogens is 1. The van der Waals surface area contributed by atoms with E-state index < -0.39 is 0 Å². The summed E-state index contributed by atoms with van der Waals surface area (Å²) in [4.78, 5) is 4.73. The van der Waals surface area contributed by atoms with Gasteiger partial charge in [-0.1, -0.05) is 54.6 Å². The molecule has 2 aromatic carbocycles. The maximum absolute atomic E-state index is 4.73. The molecule has 2 heteroatoms. The minimum Gasteiger partial charge on any atom is -0.236 e. The summed E-state index contributed by atoms with van der Waals surface area (Å²) < 4.78 is 0. The summed E-state index contributed by atoms with van der Waals surface area (Å²) >= 11 is 1.70. The van der Waals surface area contributed by atoms with Gasteiger partial charge in [-0.3, -0.25) is 0 Å². The van der Waals surface area contributed by atoms with Crippen LogP contribution in [-0.4, -0.2) is 4.98 Å². The van der Waals surface area contributed by atoms with Gasteiger partial charge >= 0.3 is 0 Å². The first-order valence-electron chi connectivity index (χ1n) is 5.91. The minimum absolute atomic E-state index is 1.05. The third-order valence-electron chi connectivity index (χ3n) is 2.95. The second kappa shape index (κ2) is 4.75. The summed E-state index contributed by atoms with van der Waals surface area (Å²) in [5.74, 6) is 0. The van der Waals surface area contributed by atoms with Gasteiger partial charge in [0.25, 0.3) is 0 Å². The van der Waals surface area contributed by atoms with Gasteiger partial charge in [-0.25, -0.2) is 4.98 Å². The van der Waals surface area contributed by atoms with Crippen LogP contribution in [0.3, 0.4) is 0 Å². The van der Waals surface area contributed by atoms with Crippen molar-refractivity contribution in [2.24, 2.45) is 0 Å². The normalized spacial score (nSPS) is 10.5. The molecule has 1 aromatic heterocycles. The lowest BCUT2D eigenvalue weighted by Crippen LogP contribution is -1.82. The number of thiazole rings is 1. The van der Waals surface area contributed by atoms with Crippen LogP contribution in [0, 0.1) is 6.92 Å². The van der Waals surface area contributed by atoms with Gasteiger partial charge < -0.3 is 0 Å². The van der Waals surface area contributed by atoms with Gasteiger partial charge in [0.05, 0.1) is 5.69 Å². The Bertz CT molecular complexity index is 656. The van der Waals surface area contributed by atoms with E-state index in [1.54, 1.807) is 11.3 Å². The summed E-state index contributed by atoms with van der Waals surface area (Å²) in [7, 11) is 0. The molecule has 1 heterocycles. The third kappa shape index (κ3) is 2.07. The van der Waals surface area contributed by atoms with E-state index >= 15 is 0 Å². The zero-order valence-electron chi connectivity index (χ0n) is 10.1. The van der Waals surface area contributed by atoms with Crippen molar-refractivity contribution in [1.29, 1.82) is 0 Å². The molecule has 0 unspecified atom stereocenters. The standard InChI is InChI=1S/C16H13NS/c1-12-7-5-6-10-14(12)16-17-15(11-18-16)13-8-3-2-4-9-13/h2-11H,1H3. The van der Waals surface area contributed by atoms with Crippen molar-refractivity contribution < 1.29 is 0 Å². The van der Waals surface area contributed by atoms with Crippen molar-refractivity contribution in [2.75, 3.05) is 0 Å². The second-order valence-corrected chi connectivity index (χ2v) is 5.08. The lowest BCUT2D eigenvalue weighted by molar-refractivity contribution is 1.37. The van der Waals surface area contributed by atoms with Gasteiger partial charge in [-0.2, -0.15) is 0 Å². The maximum atomic E-state index is 4.73. The molecule has 0 fully saturated rings. The molecule has 0 spiro atoms. The fourth-order valence-electron chi connectivity index (χ4n) is 1.95. The van der Waals surface area contributed by atoms with Crippen LogP contribution in [-0.2, 0) is 0 Å². The molecule has 0 radical (unpaired) electrons. The smallest absolute Gasteiger partial charge is 0.124 e. The average molecular weight is 251 g/mol. The Morgan fingerprint density at radius 1 is 0.889 bits per heavy atom. The summed E-state index contributed by atoms with van der Waals surface area (Å²) in [5.41, 5.74) is 4.73. The molecule has 0 saturated carbocycles. The van der Waals surface area contributed by atoms with E-state index in [2.05, 4.69) is 48.7 Å². The molecule has 3 rings (SSSR count). The molecule has 0 aliphatic rings. The van der Waals surface area contributed by atoms with Crippen molar-refractivity contribution in [3.05, 3.63) is 65.5 Å². The lowest BCUT2D eigenvalue weighted by Gasteiger charge is -2.00. The van der Waals surface area contributed by atoms with Crippen LogP contribution in [0.15, 0.2) is 60.0 Å². The SMILES string of the molecule is Cc1ccccc1-c1nc(-c2ccccc2)cs1. The molecule has 1 nitrogen and oxygen atoms in total.